The highest BCUT2D eigenvalue weighted by atomic mass is 32.2. The van der Waals surface area contributed by atoms with E-state index in [-0.39, 0.29) is 17.5 Å². The number of likely N-dealkylation sites (tertiary alicyclic amines) is 1. The summed E-state index contributed by atoms with van der Waals surface area (Å²) in [6, 6.07) is 11.4. The number of thiol groups is 1. The first kappa shape index (κ1) is 19.1. The maximum absolute atomic E-state index is 13.0. The Hall–Kier alpha value is -1.72. The molecule has 4 nitrogen and oxygen atoms in total. The molecule has 1 aliphatic rings. The van der Waals surface area contributed by atoms with E-state index >= 15 is 0 Å². The lowest BCUT2D eigenvalue weighted by Gasteiger charge is -2.33. The SMILES string of the molecule is C[C](C)CN1CCCC(C(=O)c2ccc3cc(C[SH](=O)=O)ccc3c2)C1. The molecule has 1 aliphatic heterocycles. The van der Waals surface area contributed by atoms with Crippen molar-refractivity contribution in [3.63, 3.8) is 0 Å². The van der Waals surface area contributed by atoms with Crippen LogP contribution in [0.15, 0.2) is 36.4 Å². The van der Waals surface area contributed by atoms with Gasteiger partial charge in [-0.15, -0.1) is 0 Å². The topological polar surface area (TPSA) is 54.5 Å². The predicted molar refractivity (Wildman–Crippen MR) is 106 cm³/mol. The largest absolute Gasteiger partial charge is 0.302 e. The maximum Gasteiger partial charge on any atom is 0.167 e. The Morgan fingerprint density at radius 1 is 1.12 bits per heavy atom. The van der Waals surface area contributed by atoms with Crippen molar-refractivity contribution < 1.29 is 13.2 Å². The van der Waals surface area contributed by atoms with Crippen molar-refractivity contribution in [1.82, 2.24) is 4.90 Å². The van der Waals surface area contributed by atoms with E-state index in [4.69, 9.17) is 0 Å². The second kappa shape index (κ2) is 8.31. The molecule has 0 saturated carbocycles. The van der Waals surface area contributed by atoms with Crippen molar-refractivity contribution >= 4 is 27.3 Å². The Balaban J connectivity index is 1.77. The molecular formula is C21H26NO3S. The molecule has 0 amide bonds. The number of rotatable bonds is 6. The van der Waals surface area contributed by atoms with Crippen molar-refractivity contribution in [1.29, 1.82) is 0 Å². The average molecular weight is 373 g/mol. The number of fused-ring (bicyclic) bond motifs is 1. The van der Waals surface area contributed by atoms with E-state index in [0.29, 0.717) is 0 Å². The molecule has 0 aliphatic carbocycles. The molecule has 1 radical (unpaired) electrons. The van der Waals surface area contributed by atoms with Gasteiger partial charge in [-0.2, -0.15) is 0 Å². The van der Waals surface area contributed by atoms with Gasteiger partial charge in [0.1, 0.15) is 10.7 Å². The number of nitrogens with zero attached hydrogens (tertiary/aromatic N) is 1. The number of piperidine rings is 1. The van der Waals surface area contributed by atoms with Crippen LogP contribution in [-0.2, 0) is 16.5 Å². The van der Waals surface area contributed by atoms with Crippen LogP contribution < -0.4 is 0 Å². The molecule has 139 valence electrons. The number of Topliss-reactive ketones (excluding diaryl/α,β-unsaturated/α-hetero) is 1. The third kappa shape index (κ3) is 4.71. The van der Waals surface area contributed by atoms with Crippen LogP contribution >= 0.6 is 0 Å². The summed E-state index contributed by atoms with van der Waals surface area (Å²) in [4.78, 5) is 15.3. The average Bonchev–Trinajstić information content (AvgIpc) is 2.60. The molecule has 1 heterocycles. The number of ketones is 1. The van der Waals surface area contributed by atoms with Crippen LogP contribution in [0.25, 0.3) is 10.8 Å². The van der Waals surface area contributed by atoms with Gasteiger partial charge in [0.2, 0.25) is 0 Å². The lowest BCUT2D eigenvalue weighted by atomic mass is 9.89. The van der Waals surface area contributed by atoms with Gasteiger partial charge < -0.3 is 4.90 Å². The normalized spacial score (nSPS) is 18.7. The van der Waals surface area contributed by atoms with Gasteiger partial charge in [0.15, 0.2) is 5.78 Å². The lowest BCUT2D eigenvalue weighted by molar-refractivity contribution is 0.0824. The Kier molecular flexibility index (Phi) is 6.09. The zero-order valence-electron chi connectivity index (χ0n) is 15.4. The predicted octanol–water partition coefficient (Wildman–Crippen LogP) is 3.46. The van der Waals surface area contributed by atoms with Crippen LogP contribution in [0.3, 0.4) is 0 Å². The highest BCUT2D eigenvalue weighted by molar-refractivity contribution is 7.71. The minimum atomic E-state index is -2.43. The number of carbonyl (C=O) groups is 1. The minimum absolute atomic E-state index is 0.0533. The molecule has 3 rings (SSSR count). The molecule has 2 aromatic rings. The first-order chi connectivity index (χ1) is 12.4. The smallest absolute Gasteiger partial charge is 0.167 e. The fourth-order valence-corrected chi connectivity index (χ4v) is 4.29. The minimum Gasteiger partial charge on any atom is -0.302 e. The first-order valence-corrected chi connectivity index (χ1v) is 10.5. The zero-order chi connectivity index (χ0) is 18.7. The number of hydrogen-bond donors (Lipinski definition) is 1. The third-order valence-corrected chi connectivity index (χ3v) is 5.54. The fourth-order valence-electron chi connectivity index (χ4n) is 3.79. The summed E-state index contributed by atoms with van der Waals surface area (Å²) in [6.45, 7) is 7.12. The summed E-state index contributed by atoms with van der Waals surface area (Å²) in [6.07, 6.45) is 2.01. The molecule has 26 heavy (non-hydrogen) atoms. The standard InChI is InChI=1S/C21H26NO3S/c1-15(2)12-22-9-3-4-20(13-22)21(23)19-8-7-17-10-16(14-26(24)25)5-6-18(17)11-19/h5-8,10-11,20,26H,3-4,9,12-14H2,1-2H3. The van der Waals surface area contributed by atoms with Crippen molar-refractivity contribution in [2.75, 3.05) is 19.6 Å². The Labute approximate surface area is 157 Å². The van der Waals surface area contributed by atoms with E-state index in [9.17, 15) is 13.2 Å². The number of carbonyl (C=O) groups excluding carboxylic acids is 1. The quantitative estimate of drug-likeness (QED) is 0.623. The Morgan fingerprint density at radius 2 is 1.85 bits per heavy atom. The summed E-state index contributed by atoms with van der Waals surface area (Å²) in [7, 11) is -2.43. The first-order valence-electron chi connectivity index (χ1n) is 9.12. The fraction of sp³-hybridized carbons (Fsp3) is 0.429. The highest BCUT2D eigenvalue weighted by Gasteiger charge is 2.26. The second-order valence-corrected chi connectivity index (χ2v) is 8.51. The molecule has 1 saturated heterocycles. The molecule has 1 atom stereocenters. The molecule has 0 bridgehead atoms. The molecule has 1 unspecified atom stereocenters. The van der Waals surface area contributed by atoms with Gasteiger partial charge in [0, 0.05) is 24.6 Å². The van der Waals surface area contributed by atoms with E-state index in [1.807, 2.05) is 36.4 Å². The van der Waals surface area contributed by atoms with E-state index in [1.54, 1.807) is 0 Å². The van der Waals surface area contributed by atoms with Gasteiger partial charge in [-0.05, 0) is 47.7 Å². The number of benzene rings is 2. The van der Waals surface area contributed by atoms with Gasteiger partial charge in [-0.3, -0.25) is 4.79 Å². The zero-order valence-corrected chi connectivity index (χ0v) is 16.3. The van der Waals surface area contributed by atoms with Crippen LogP contribution in [0.1, 0.15) is 42.6 Å². The van der Waals surface area contributed by atoms with E-state index in [1.165, 1.54) is 5.92 Å². The molecule has 0 aromatic heterocycles. The molecule has 0 spiro atoms. The summed E-state index contributed by atoms with van der Waals surface area (Å²) >= 11 is 0. The van der Waals surface area contributed by atoms with Gasteiger partial charge in [-0.1, -0.05) is 44.2 Å². The molecule has 5 heteroatoms. The molecule has 2 aromatic carbocycles. The van der Waals surface area contributed by atoms with Crippen molar-refractivity contribution in [2.45, 2.75) is 32.4 Å². The van der Waals surface area contributed by atoms with E-state index < -0.39 is 10.7 Å². The van der Waals surface area contributed by atoms with Crippen molar-refractivity contribution in [2.24, 2.45) is 5.92 Å². The van der Waals surface area contributed by atoms with Crippen molar-refractivity contribution in [3.8, 4) is 0 Å². The van der Waals surface area contributed by atoms with Crippen LogP contribution in [0.5, 0.6) is 0 Å². The summed E-state index contributed by atoms with van der Waals surface area (Å²) < 4.78 is 21.8. The highest BCUT2D eigenvalue weighted by Crippen LogP contribution is 2.25. The van der Waals surface area contributed by atoms with Crippen LogP contribution in [0.4, 0.5) is 0 Å². The second-order valence-electron chi connectivity index (χ2n) is 7.53. The van der Waals surface area contributed by atoms with Gasteiger partial charge in [0.05, 0.1) is 5.75 Å². The molecular weight excluding hydrogens is 346 g/mol. The molecule has 1 fully saturated rings. The van der Waals surface area contributed by atoms with Gasteiger partial charge in [-0.25, -0.2) is 8.42 Å². The maximum atomic E-state index is 13.0. The van der Waals surface area contributed by atoms with Gasteiger partial charge in [0.25, 0.3) is 0 Å². The van der Waals surface area contributed by atoms with Crippen LogP contribution in [-0.4, -0.2) is 38.7 Å². The van der Waals surface area contributed by atoms with Gasteiger partial charge >= 0.3 is 0 Å². The Morgan fingerprint density at radius 3 is 2.58 bits per heavy atom. The van der Waals surface area contributed by atoms with Crippen molar-refractivity contribution in [3.05, 3.63) is 53.4 Å². The van der Waals surface area contributed by atoms with Crippen LogP contribution in [0.2, 0.25) is 0 Å². The number of hydrogen-bond acceptors (Lipinski definition) is 4. The third-order valence-electron chi connectivity index (χ3n) is 4.92. The summed E-state index contributed by atoms with van der Waals surface area (Å²) in [5.41, 5.74) is 1.53. The van der Waals surface area contributed by atoms with E-state index in [2.05, 4.69) is 18.7 Å². The molecule has 0 N–H and O–H groups in total. The summed E-state index contributed by atoms with van der Waals surface area (Å²) in [5.74, 6) is 1.71. The lowest BCUT2D eigenvalue weighted by Crippen LogP contribution is -2.40. The van der Waals surface area contributed by atoms with Crippen LogP contribution in [0, 0.1) is 11.8 Å². The Bertz CT molecular complexity index is 865. The monoisotopic (exact) mass is 372 g/mol. The summed E-state index contributed by atoms with van der Waals surface area (Å²) in [5, 5.41) is 1.95. The van der Waals surface area contributed by atoms with E-state index in [0.717, 1.165) is 54.4 Å².